The van der Waals surface area contributed by atoms with Gasteiger partial charge < -0.3 is 5.73 Å². The lowest BCUT2D eigenvalue weighted by Crippen LogP contribution is -2.03. The molecular weight excluding hydrogens is 302 g/mol. The zero-order chi connectivity index (χ0) is 12.2. The molecule has 2 heterocycles. The van der Waals surface area contributed by atoms with Gasteiger partial charge in [-0.25, -0.2) is 4.98 Å². The number of nitrogens with zero attached hydrogens (tertiary/aromatic N) is 2. The second kappa shape index (κ2) is 3.54. The van der Waals surface area contributed by atoms with E-state index < -0.39 is 0 Å². The standard InChI is InChI=1S/C11H8BrN3OS/c1-5(16)15-8-3-2-6(12)4-7(8)9-10(15)17-11(13)14-9/h2-4H,1H3,(H2,13,14). The maximum absolute atomic E-state index is 11.7. The van der Waals surface area contributed by atoms with Gasteiger partial charge in [-0.15, -0.1) is 0 Å². The molecule has 0 saturated carbocycles. The van der Waals surface area contributed by atoms with Gasteiger partial charge in [0.25, 0.3) is 0 Å². The maximum Gasteiger partial charge on any atom is 0.229 e. The van der Waals surface area contributed by atoms with E-state index >= 15 is 0 Å². The maximum atomic E-state index is 11.7. The minimum Gasteiger partial charge on any atom is -0.375 e. The lowest BCUT2D eigenvalue weighted by molar-refractivity contribution is 0.0947. The molecule has 3 rings (SSSR count). The molecule has 0 fully saturated rings. The van der Waals surface area contributed by atoms with E-state index in [1.165, 1.54) is 18.3 Å². The summed E-state index contributed by atoms with van der Waals surface area (Å²) in [6.07, 6.45) is 0. The molecule has 0 unspecified atom stereocenters. The summed E-state index contributed by atoms with van der Waals surface area (Å²) < 4.78 is 2.62. The number of hydrogen-bond acceptors (Lipinski definition) is 4. The quantitative estimate of drug-likeness (QED) is 0.693. The molecule has 2 N–H and O–H groups in total. The fourth-order valence-corrected chi connectivity index (χ4v) is 3.24. The van der Waals surface area contributed by atoms with Gasteiger partial charge in [-0.2, -0.15) is 0 Å². The second-order valence-corrected chi connectivity index (χ2v) is 5.65. The van der Waals surface area contributed by atoms with Crippen molar-refractivity contribution < 1.29 is 4.79 Å². The Labute approximate surface area is 109 Å². The predicted molar refractivity (Wildman–Crippen MR) is 73.5 cm³/mol. The van der Waals surface area contributed by atoms with Crippen molar-refractivity contribution in [1.29, 1.82) is 0 Å². The number of thiazole rings is 1. The highest BCUT2D eigenvalue weighted by molar-refractivity contribution is 9.10. The third-order valence-corrected chi connectivity index (χ3v) is 3.96. The van der Waals surface area contributed by atoms with Crippen LogP contribution in [-0.2, 0) is 0 Å². The summed E-state index contributed by atoms with van der Waals surface area (Å²) in [4.78, 5) is 16.8. The number of carbonyl (C=O) groups excluding carboxylic acids is 1. The summed E-state index contributed by atoms with van der Waals surface area (Å²) in [5, 5.41) is 1.42. The van der Waals surface area contributed by atoms with Gasteiger partial charge in [0.05, 0.1) is 5.52 Å². The average molecular weight is 310 g/mol. The number of benzene rings is 1. The molecule has 0 saturated heterocycles. The van der Waals surface area contributed by atoms with Crippen molar-refractivity contribution in [3.63, 3.8) is 0 Å². The summed E-state index contributed by atoms with van der Waals surface area (Å²) in [5.74, 6) is -0.0315. The Morgan fingerprint density at radius 1 is 1.53 bits per heavy atom. The molecule has 0 atom stereocenters. The number of nitrogen functional groups attached to an aromatic ring is 1. The predicted octanol–water partition coefficient (Wildman–Crippen LogP) is 3.26. The Hall–Kier alpha value is -1.40. The molecule has 0 aliphatic carbocycles. The minimum absolute atomic E-state index is 0.0315. The first-order chi connectivity index (χ1) is 8.08. The van der Waals surface area contributed by atoms with Gasteiger partial charge in [0, 0.05) is 16.8 Å². The number of carbonyl (C=O) groups is 1. The highest BCUT2D eigenvalue weighted by Crippen LogP contribution is 2.34. The van der Waals surface area contributed by atoms with Gasteiger partial charge in [-0.3, -0.25) is 9.36 Å². The SMILES string of the molecule is CC(=O)n1c2ccc(Br)cc2c2nc(N)sc21. The molecule has 0 spiro atoms. The van der Waals surface area contributed by atoms with E-state index in [0.717, 1.165) is 25.7 Å². The van der Waals surface area contributed by atoms with Crippen LogP contribution in [0.3, 0.4) is 0 Å². The third-order valence-electron chi connectivity index (χ3n) is 2.60. The van der Waals surface area contributed by atoms with Crippen molar-refractivity contribution in [2.75, 3.05) is 5.73 Å². The molecule has 2 aromatic heterocycles. The number of aromatic nitrogens is 2. The van der Waals surface area contributed by atoms with E-state index in [1.54, 1.807) is 4.57 Å². The fraction of sp³-hybridized carbons (Fsp3) is 0.0909. The van der Waals surface area contributed by atoms with Crippen LogP contribution in [0.2, 0.25) is 0 Å². The number of hydrogen-bond donors (Lipinski definition) is 1. The summed E-state index contributed by atoms with van der Waals surface area (Å²) in [7, 11) is 0. The topological polar surface area (TPSA) is 60.9 Å². The average Bonchev–Trinajstić information content (AvgIpc) is 2.73. The zero-order valence-electron chi connectivity index (χ0n) is 8.90. The van der Waals surface area contributed by atoms with E-state index in [1.807, 2.05) is 18.2 Å². The first-order valence-electron chi connectivity index (χ1n) is 4.95. The van der Waals surface area contributed by atoms with Gasteiger partial charge in [0.15, 0.2) is 5.13 Å². The molecule has 3 aromatic rings. The van der Waals surface area contributed by atoms with Crippen molar-refractivity contribution >= 4 is 59.6 Å². The van der Waals surface area contributed by atoms with Crippen LogP contribution in [0.15, 0.2) is 22.7 Å². The number of rotatable bonds is 0. The van der Waals surface area contributed by atoms with E-state index in [9.17, 15) is 4.79 Å². The Morgan fingerprint density at radius 2 is 2.29 bits per heavy atom. The molecule has 0 amide bonds. The van der Waals surface area contributed by atoms with Crippen molar-refractivity contribution in [3.05, 3.63) is 22.7 Å². The lowest BCUT2D eigenvalue weighted by atomic mass is 10.2. The van der Waals surface area contributed by atoms with Gasteiger partial charge in [0.2, 0.25) is 5.91 Å². The highest BCUT2D eigenvalue weighted by Gasteiger charge is 2.17. The molecule has 0 aliphatic rings. The van der Waals surface area contributed by atoms with Crippen LogP contribution >= 0.6 is 27.3 Å². The van der Waals surface area contributed by atoms with E-state index in [-0.39, 0.29) is 5.91 Å². The fourth-order valence-electron chi connectivity index (χ4n) is 1.97. The summed E-state index contributed by atoms with van der Waals surface area (Å²) in [5.41, 5.74) is 7.36. The normalized spacial score (nSPS) is 11.4. The molecule has 1 aromatic carbocycles. The highest BCUT2D eigenvalue weighted by atomic mass is 79.9. The number of halogens is 1. The van der Waals surface area contributed by atoms with Crippen molar-refractivity contribution in [3.8, 4) is 0 Å². The largest absolute Gasteiger partial charge is 0.375 e. The molecule has 86 valence electrons. The van der Waals surface area contributed by atoms with E-state index in [0.29, 0.717) is 5.13 Å². The van der Waals surface area contributed by atoms with Crippen LogP contribution in [-0.4, -0.2) is 15.5 Å². The van der Waals surface area contributed by atoms with Gasteiger partial charge in [0.1, 0.15) is 10.3 Å². The number of nitrogens with two attached hydrogens (primary N) is 1. The van der Waals surface area contributed by atoms with Crippen molar-refractivity contribution in [2.45, 2.75) is 6.92 Å². The van der Waals surface area contributed by atoms with Crippen molar-refractivity contribution in [1.82, 2.24) is 9.55 Å². The number of fused-ring (bicyclic) bond motifs is 3. The smallest absolute Gasteiger partial charge is 0.229 e. The van der Waals surface area contributed by atoms with E-state index in [2.05, 4.69) is 20.9 Å². The molecule has 17 heavy (non-hydrogen) atoms. The molecular formula is C11H8BrN3OS. The molecule has 4 nitrogen and oxygen atoms in total. The van der Waals surface area contributed by atoms with Crippen LogP contribution in [0.1, 0.15) is 11.7 Å². The summed E-state index contributed by atoms with van der Waals surface area (Å²) >= 11 is 4.75. The Morgan fingerprint density at radius 3 is 3.00 bits per heavy atom. The van der Waals surface area contributed by atoms with Crippen LogP contribution in [0.25, 0.3) is 21.3 Å². The van der Waals surface area contributed by atoms with Crippen LogP contribution in [0.4, 0.5) is 5.13 Å². The van der Waals surface area contributed by atoms with Crippen molar-refractivity contribution in [2.24, 2.45) is 0 Å². The molecule has 0 radical (unpaired) electrons. The zero-order valence-corrected chi connectivity index (χ0v) is 11.3. The monoisotopic (exact) mass is 309 g/mol. The third kappa shape index (κ3) is 1.48. The Balaban J connectivity index is 2.59. The minimum atomic E-state index is -0.0315. The lowest BCUT2D eigenvalue weighted by Gasteiger charge is -1.99. The molecule has 0 bridgehead atoms. The Kier molecular flexibility index (Phi) is 2.24. The van der Waals surface area contributed by atoms with E-state index in [4.69, 9.17) is 5.73 Å². The second-order valence-electron chi connectivity index (χ2n) is 3.72. The first-order valence-corrected chi connectivity index (χ1v) is 6.56. The van der Waals surface area contributed by atoms with Gasteiger partial charge >= 0.3 is 0 Å². The summed E-state index contributed by atoms with van der Waals surface area (Å²) in [6.45, 7) is 1.54. The van der Waals surface area contributed by atoms with Crippen LogP contribution in [0, 0.1) is 0 Å². The molecule has 6 heteroatoms. The van der Waals surface area contributed by atoms with Crippen LogP contribution < -0.4 is 5.73 Å². The summed E-state index contributed by atoms with van der Waals surface area (Å²) in [6, 6.07) is 5.77. The molecule has 0 aliphatic heterocycles. The van der Waals surface area contributed by atoms with Crippen LogP contribution in [0.5, 0.6) is 0 Å². The Bertz CT molecular complexity index is 759. The first kappa shape index (κ1) is 10.7. The number of anilines is 1. The van der Waals surface area contributed by atoms with Gasteiger partial charge in [-0.1, -0.05) is 27.3 Å². The van der Waals surface area contributed by atoms with Gasteiger partial charge in [-0.05, 0) is 18.2 Å².